The van der Waals surface area contributed by atoms with Gasteiger partial charge in [-0.05, 0) is 22.6 Å². The summed E-state index contributed by atoms with van der Waals surface area (Å²) >= 11 is 1.79. The van der Waals surface area contributed by atoms with Crippen LogP contribution in [0, 0.1) is 12.3 Å². The second-order valence-corrected chi connectivity index (χ2v) is 4.79. The number of thiophene rings is 1. The Morgan fingerprint density at radius 1 is 1.18 bits per heavy atom. The summed E-state index contributed by atoms with van der Waals surface area (Å²) in [5.41, 5.74) is 2.57. The van der Waals surface area contributed by atoms with Gasteiger partial charge in [-0.25, -0.2) is 0 Å². The van der Waals surface area contributed by atoms with E-state index in [4.69, 9.17) is 6.42 Å². The second-order valence-electron chi connectivity index (χ2n) is 3.80. The van der Waals surface area contributed by atoms with Crippen LogP contribution in [0.4, 0.5) is 0 Å². The van der Waals surface area contributed by atoms with Gasteiger partial charge >= 0.3 is 0 Å². The standard InChI is InChI=1S/C15H15NS/c1-2-3-9-16-11-15-10-14(12-17-15)13-7-5-4-6-8-13/h1,4-8,10,12,16H,3,9,11H2. The minimum Gasteiger partial charge on any atom is -0.311 e. The molecule has 0 aliphatic rings. The number of hydrogen-bond donors (Lipinski definition) is 1. The van der Waals surface area contributed by atoms with Gasteiger partial charge in [0.25, 0.3) is 0 Å². The van der Waals surface area contributed by atoms with E-state index in [1.54, 1.807) is 11.3 Å². The van der Waals surface area contributed by atoms with Gasteiger partial charge in [0.1, 0.15) is 0 Å². The van der Waals surface area contributed by atoms with E-state index in [-0.39, 0.29) is 0 Å². The third-order valence-electron chi connectivity index (χ3n) is 2.51. The van der Waals surface area contributed by atoms with Crippen LogP contribution in [-0.4, -0.2) is 6.54 Å². The zero-order chi connectivity index (χ0) is 11.9. The highest BCUT2D eigenvalue weighted by Crippen LogP contribution is 2.25. The molecule has 0 bridgehead atoms. The number of rotatable bonds is 5. The first kappa shape index (κ1) is 11.9. The third-order valence-corrected chi connectivity index (χ3v) is 3.44. The Hall–Kier alpha value is -1.56. The summed E-state index contributed by atoms with van der Waals surface area (Å²) in [5, 5.41) is 5.54. The highest BCUT2D eigenvalue weighted by atomic mass is 32.1. The van der Waals surface area contributed by atoms with E-state index in [0.29, 0.717) is 0 Å². The molecule has 1 aromatic heterocycles. The van der Waals surface area contributed by atoms with Crippen LogP contribution in [0.3, 0.4) is 0 Å². The van der Waals surface area contributed by atoms with Gasteiger partial charge in [0.2, 0.25) is 0 Å². The highest BCUT2D eigenvalue weighted by Gasteiger charge is 2.01. The van der Waals surface area contributed by atoms with Gasteiger partial charge in [0.15, 0.2) is 0 Å². The lowest BCUT2D eigenvalue weighted by Gasteiger charge is -1.98. The highest BCUT2D eigenvalue weighted by molar-refractivity contribution is 7.10. The summed E-state index contributed by atoms with van der Waals surface area (Å²) in [4.78, 5) is 1.35. The molecule has 0 fully saturated rings. The number of hydrogen-bond acceptors (Lipinski definition) is 2. The normalized spacial score (nSPS) is 10.1. The molecule has 0 amide bonds. The van der Waals surface area contributed by atoms with E-state index in [9.17, 15) is 0 Å². The van der Waals surface area contributed by atoms with Crippen LogP contribution < -0.4 is 5.32 Å². The Morgan fingerprint density at radius 2 is 2.00 bits per heavy atom. The molecule has 0 spiro atoms. The van der Waals surface area contributed by atoms with Gasteiger partial charge in [-0.1, -0.05) is 30.3 Å². The van der Waals surface area contributed by atoms with Gasteiger partial charge in [0, 0.05) is 24.4 Å². The lowest BCUT2D eigenvalue weighted by Crippen LogP contribution is -2.13. The minimum absolute atomic E-state index is 0.789. The largest absolute Gasteiger partial charge is 0.311 e. The average molecular weight is 241 g/mol. The topological polar surface area (TPSA) is 12.0 Å². The van der Waals surface area contributed by atoms with Crippen LogP contribution in [0.25, 0.3) is 11.1 Å². The molecule has 2 rings (SSSR count). The minimum atomic E-state index is 0.789. The summed E-state index contributed by atoms with van der Waals surface area (Å²) in [7, 11) is 0. The molecule has 1 nitrogen and oxygen atoms in total. The summed E-state index contributed by atoms with van der Waals surface area (Å²) < 4.78 is 0. The van der Waals surface area contributed by atoms with Gasteiger partial charge in [-0.15, -0.1) is 23.7 Å². The maximum absolute atomic E-state index is 5.20. The van der Waals surface area contributed by atoms with E-state index in [0.717, 1.165) is 19.5 Å². The van der Waals surface area contributed by atoms with Crippen molar-refractivity contribution in [3.63, 3.8) is 0 Å². The van der Waals surface area contributed by atoms with Crippen molar-refractivity contribution in [3.8, 4) is 23.5 Å². The maximum atomic E-state index is 5.20. The van der Waals surface area contributed by atoms with Crippen LogP contribution in [-0.2, 0) is 6.54 Å². The summed E-state index contributed by atoms with van der Waals surface area (Å²) in [6.07, 6.45) is 5.99. The van der Waals surface area contributed by atoms with E-state index < -0.39 is 0 Å². The number of nitrogens with one attached hydrogen (secondary N) is 1. The van der Waals surface area contributed by atoms with Crippen molar-refractivity contribution in [2.75, 3.05) is 6.54 Å². The molecule has 0 saturated carbocycles. The van der Waals surface area contributed by atoms with Crippen LogP contribution in [0.15, 0.2) is 41.8 Å². The van der Waals surface area contributed by atoms with Crippen molar-refractivity contribution in [3.05, 3.63) is 46.7 Å². The first-order valence-corrected chi connectivity index (χ1v) is 6.55. The zero-order valence-electron chi connectivity index (χ0n) is 9.65. The number of benzene rings is 1. The molecule has 86 valence electrons. The lowest BCUT2D eigenvalue weighted by atomic mass is 10.1. The molecule has 1 N–H and O–H groups in total. The summed E-state index contributed by atoms with van der Waals surface area (Å²) in [6.45, 7) is 1.79. The molecular weight excluding hydrogens is 226 g/mol. The van der Waals surface area contributed by atoms with Crippen LogP contribution in [0.1, 0.15) is 11.3 Å². The van der Waals surface area contributed by atoms with Gasteiger partial charge in [0.05, 0.1) is 0 Å². The van der Waals surface area contributed by atoms with E-state index in [1.165, 1.54) is 16.0 Å². The van der Waals surface area contributed by atoms with Gasteiger partial charge in [-0.3, -0.25) is 0 Å². The van der Waals surface area contributed by atoms with E-state index in [2.05, 4.69) is 46.9 Å². The van der Waals surface area contributed by atoms with Crippen LogP contribution >= 0.6 is 11.3 Å². The Balaban J connectivity index is 1.95. The Morgan fingerprint density at radius 3 is 2.76 bits per heavy atom. The first-order chi connectivity index (χ1) is 8.40. The molecule has 0 atom stereocenters. The Labute approximate surface area is 107 Å². The van der Waals surface area contributed by atoms with Crippen molar-refractivity contribution >= 4 is 11.3 Å². The SMILES string of the molecule is C#CCCNCc1cc(-c2ccccc2)cs1. The average Bonchev–Trinajstić information content (AvgIpc) is 2.85. The fraction of sp³-hybridized carbons (Fsp3) is 0.200. The van der Waals surface area contributed by atoms with Crippen LogP contribution in [0.2, 0.25) is 0 Å². The summed E-state index contributed by atoms with van der Waals surface area (Å²) in [6, 6.07) is 12.7. The molecular formula is C15H15NS. The van der Waals surface area contributed by atoms with Crippen molar-refractivity contribution in [1.82, 2.24) is 5.32 Å². The lowest BCUT2D eigenvalue weighted by molar-refractivity contribution is 0.709. The molecule has 0 saturated heterocycles. The smallest absolute Gasteiger partial charge is 0.0300 e. The molecule has 1 heterocycles. The molecule has 2 aromatic rings. The predicted molar refractivity (Wildman–Crippen MR) is 74.9 cm³/mol. The molecule has 17 heavy (non-hydrogen) atoms. The first-order valence-electron chi connectivity index (χ1n) is 5.67. The van der Waals surface area contributed by atoms with Crippen LogP contribution in [0.5, 0.6) is 0 Å². The molecule has 0 aliphatic carbocycles. The van der Waals surface area contributed by atoms with E-state index >= 15 is 0 Å². The van der Waals surface area contributed by atoms with Gasteiger partial charge in [-0.2, -0.15) is 0 Å². The van der Waals surface area contributed by atoms with Crippen molar-refractivity contribution in [2.45, 2.75) is 13.0 Å². The fourth-order valence-corrected chi connectivity index (χ4v) is 2.49. The quantitative estimate of drug-likeness (QED) is 0.624. The van der Waals surface area contributed by atoms with Crippen molar-refractivity contribution in [2.24, 2.45) is 0 Å². The molecule has 1 aromatic carbocycles. The molecule has 2 heteroatoms. The van der Waals surface area contributed by atoms with Crippen molar-refractivity contribution in [1.29, 1.82) is 0 Å². The zero-order valence-corrected chi connectivity index (χ0v) is 10.5. The molecule has 0 radical (unpaired) electrons. The molecule has 0 unspecified atom stereocenters. The van der Waals surface area contributed by atoms with E-state index in [1.807, 2.05) is 6.07 Å². The fourth-order valence-electron chi connectivity index (χ4n) is 1.63. The number of terminal acetylenes is 1. The summed E-state index contributed by atoms with van der Waals surface area (Å²) in [5.74, 6) is 2.63. The second kappa shape index (κ2) is 6.24. The van der Waals surface area contributed by atoms with Crippen molar-refractivity contribution < 1.29 is 0 Å². The molecule has 0 aliphatic heterocycles. The predicted octanol–water partition coefficient (Wildman–Crippen LogP) is 3.53. The Kier molecular flexibility index (Phi) is 4.37. The maximum Gasteiger partial charge on any atom is 0.0300 e. The monoisotopic (exact) mass is 241 g/mol. The third kappa shape index (κ3) is 3.45. The van der Waals surface area contributed by atoms with Gasteiger partial charge < -0.3 is 5.32 Å². The Bertz CT molecular complexity index is 493.